The van der Waals surface area contributed by atoms with Crippen molar-refractivity contribution < 1.29 is 4.79 Å². The minimum absolute atomic E-state index is 0.0117. The highest BCUT2D eigenvalue weighted by Gasteiger charge is 2.50. The van der Waals surface area contributed by atoms with Gasteiger partial charge < -0.3 is 4.90 Å². The Labute approximate surface area is 227 Å². The smallest absolute Gasteiger partial charge is 0.267 e. The van der Waals surface area contributed by atoms with Crippen LogP contribution in [0.3, 0.4) is 0 Å². The van der Waals surface area contributed by atoms with Crippen molar-refractivity contribution in [2.75, 3.05) is 12.3 Å². The summed E-state index contributed by atoms with van der Waals surface area (Å²) < 4.78 is 1.78. The molecule has 0 N–H and O–H groups in total. The predicted molar refractivity (Wildman–Crippen MR) is 153 cm³/mol. The van der Waals surface area contributed by atoms with Crippen LogP contribution in [-0.2, 0) is 17.6 Å². The van der Waals surface area contributed by atoms with Crippen molar-refractivity contribution in [1.82, 2.24) is 14.5 Å². The monoisotopic (exact) mass is 535 g/mol. The molecule has 0 spiro atoms. The Morgan fingerprint density at radius 3 is 2.73 bits per heavy atom. The summed E-state index contributed by atoms with van der Waals surface area (Å²) in [6.45, 7) is 12.0. The fourth-order valence-corrected chi connectivity index (χ4v) is 9.71. The largest absolute Gasteiger partial charge is 0.338 e. The molecule has 1 saturated carbocycles. The Hall–Kier alpha value is -2.12. The molecular weight excluding hydrogens is 498 g/mol. The number of amides is 1. The van der Waals surface area contributed by atoms with Gasteiger partial charge in [-0.3, -0.25) is 14.2 Å². The molecule has 2 bridgehead atoms. The van der Waals surface area contributed by atoms with E-state index in [9.17, 15) is 9.59 Å². The second kappa shape index (κ2) is 8.98. The third-order valence-corrected chi connectivity index (χ3v) is 10.7. The molecule has 5 nitrogen and oxygen atoms in total. The number of thioether (sulfide) groups is 1. The molecule has 196 valence electrons. The zero-order valence-corrected chi connectivity index (χ0v) is 24.3. The Bertz CT molecular complexity index is 1470. The molecule has 37 heavy (non-hydrogen) atoms. The second-order valence-electron chi connectivity index (χ2n) is 12.7. The van der Waals surface area contributed by atoms with Gasteiger partial charge in [-0.25, -0.2) is 4.98 Å². The highest BCUT2D eigenvalue weighted by atomic mass is 32.2. The highest BCUT2D eigenvalue weighted by Crippen LogP contribution is 2.52. The lowest BCUT2D eigenvalue weighted by atomic mass is 9.65. The number of thiophene rings is 1. The molecule has 6 rings (SSSR count). The summed E-state index contributed by atoms with van der Waals surface area (Å²) in [4.78, 5) is 37.0. The predicted octanol–water partition coefficient (Wildman–Crippen LogP) is 6.46. The molecule has 7 heteroatoms. The van der Waals surface area contributed by atoms with Crippen molar-refractivity contribution in [2.24, 2.45) is 10.8 Å². The number of aromatic nitrogens is 2. The number of fused-ring (bicyclic) bond motifs is 5. The first-order chi connectivity index (χ1) is 17.5. The van der Waals surface area contributed by atoms with Crippen molar-refractivity contribution in [3.05, 3.63) is 50.1 Å². The number of carbonyl (C=O) groups is 1. The van der Waals surface area contributed by atoms with Gasteiger partial charge in [0.05, 0.1) is 16.8 Å². The van der Waals surface area contributed by atoms with Crippen molar-refractivity contribution in [3.63, 3.8) is 0 Å². The van der Waals surface area contributed by atoms with E-state index in [0.717, 1.165) is 65.7 Å². The Morgan fingerprint density at radius 1 is 1.16 bits per heavy atom. The normalized spacial score (nSPS) is 24.5. The zero-order valence-electron chi connectivity index (χ0n) is 22.6. The lowest BCUT2D eigenvalue weighted by Crippen LogP contribution is -2.38. The third kappa shape index (κ3) is 4.46. The number of hydrogen-bond donors (Lipinski definition) is 0. The van der Waals surface area contributed by atoms with Gasteiger partial charge in [-0.15, -0.1) is 11.3 Å². The first kappa shape index (κ1) is 25.2. The molecule has 1 saturated heterocycles. The molecule has 1 amide bonds. The van der Waals surface area contributed by atoms with Gasteiger partial charge in [-0.05, 0) is 86.8 Å². The maximum absolute atomic E-state index is 14.1. The average Bonchev–Trinajstić information content (AvgIpc) is 3.31. The number of hydrogen-bond acceptors (Lipinski definition) is 5. The van der Waals surface area contributed by atoms with Crippen LogP contribution in [0.5, 0.6) is 0 Å². The first-order valence-electron chi connectivity index (χ1n) is 13.6. The Morgan fingerprint density at radius 2 is 1.95 bits per heavy atom. The molecule has 3 aliphatic rings. The molecule has 2 aromatic heterocycles. The van der Waals surface area contributed by atoms with Crippen LogP contribution < -0.4 is 5.56 Å². The molecule has 0 radical (unpaired) electrons. The van der Waals surface area contributed by atoms with E-state index in [1.807, 2.05) is 6.07 Å². The van der Waals surface area contributed by atoms with E-state index in [0.29, 0.717) is 17.0 Å². The first-order valence-corrected chi connectivity index (χ1v) is 15.4. The van der Waals surface area contributed by atoms with E-state index in [1.54, 1.807) is 15.9 Å². The van der Waals surface area contributed by atoms with Crippen molar-refractivity contribution >= 4 is 39.2 Å². The molecule has 2 atom stereocenters. The lowest BCUT2D eigenvalue weighted by molar-refractivity contribution is -0.129. The van der Waals surface area contributed by atoms with Crippen molar-refractivity contribution in [1.29, 1.82) is 0 Å². The summed E-state index contributed by atoms with van der Waals surface area (Å²) >= 11 is 3.10. The van der Waals surface area contributed by atoms with E-state index in [1.165, 1.54) is 35.0 Å². The minimum Gasteiger partial charge on any atom is -0.338 e. The lowest BCUT2D eigenvalue weighted by Gasteiger charge is -2.39. The molecule has 0 unspecified atom stereocenters. The van der Waals surface area contributed by atoms with Gasteiger partial charge in [-0.2, -0.15) is 0 Å². The maximum atomic E-state index is 14.1. The summed E-state index contributed by atoms with van der Waals surface area (Å²) in [5.41, 5.74) is 4.77. The molecule has 3 aromatic rings. The molecule has 3 heterocycles. The van der Waals surface area contributed by atoms with Gasteiger partial charge in [0, 0.05) is 17.5 Å². The maximum Gasteiger partial charge on any atom is 0.267 e. The minimum atomic E-state index is 0.0117. The fraction of sp³-hybridized carbons (Fsp3) is 0.567. The van der Waals surface area contributed by atoms with Crippen LogP contribution in [0.15, 0.2) is 28.2 Å². The number of likely N-dealkylation sites (tertiary alicyclic amines) is 1. The summed E-state index contributed by atoms with van der Waals surface area (Å²) in [5, 5.41) is 1.42. The number of carbonyl (C=O) groups excluding carboxylic acids is 1. The average molecular weight is 536 g/mol. The Balaban J connectivity index is 1.37. The van der Waals surface area contributed by atoms with Gasteiger partial charge in [0.1, 0.15) is 4.83 Å². The van der Waals surface area contributed by atoms with E-state index < -0.39 is 0 Å². The molecule has 2 fully saturated rings. The van der Waals surface area contributed by atoms with Crippen LogP contribution in [0.25, 0.3) is 15.9 Å². The van der Waals surface area contributed by atoms with E-state index in [4.69, 9.17) is 4.98 Å². The van der Waals surface area contributed by atoms with Gasteiger partial charge in [0.2, 0.25) is 5.91 Å². The van der Waals surface area contributed by atoms with Gasteiger partial charge in [0.25, 0.3) is 5.56 Å². The Kier molecular flexibility index (Phi) is 6.11. The molecule has 2 aliphatic carbocycles. The summed E-state index contributed by atoms with van der Waals surface area (Å²) in [7, 11) is 0. The van der Waals surface area contributed by atoms with Crippen LogP contribution in [0, 0.1) is 24.7 Å². The zero-order chi connectivity index (χ0) is 26.1. The van der Waals surface area contributed by atoms with Crippen LogP contribution in [0.2, 0.25) is 0 Å². The van der Waals surface area contributed by atoms with Crippen LogP contribution >= 0.6 is 23.1 Å². The standard InChI is InChI=1S/C30H37N3O2S2/c1-18-10-11-22(19(2)12-18)33-27(35)25-21-8-6-7-9-23(21)37-26(25)31-28(33)36-15-24(34)32-17-30(5)14-20(32)13-29(3,4)16-30/h10-12,20H,6-9,13-17H2,1-5H3/t20-,30-/m0/s1. The van der Waals surface area contributed by atoms with E-state index in [-0.39, 0.29) is 22.3 Å². The van der Waals surface area contributed by atoms with E-state index in [2.05, 4.69) is 51.7 Å². The van der Waals surface area contributed by atoms with Crippen LogP contribution in [0.4, 0.5) is 0 Å². The quantitative estimate of drug-likeness (QED) is 0.284. The molecular formula is C30H37N3O2S2. The number of rotatable bonds is 4. The number of benzene rings is 1. The second-order valence-corrected chi connectivity index (χ2v) is 14.8. The number of aryl methyl sites for hydroxylation is 4. The van der Waals surface area contributed by atoms with E-state index >= 15 is 0 Å². The third-order valence-electron chi connectivity index (χ3n) is 8.61. The van der Waals surface area contributed by atoms with Gasteiger partial charge >= 0.3 is 0 Å². The van der Waals surface area contributed by atoms with Crippen molar-refractivity contribution in [3.8, 4) is 5.69 Å². The van der Waals surface area contributed by atoms with Crippen LogP contribution in [-0.4, -0.2) is 38.7 Å². The van der Waals surface area contributed by atoms with Gasteiger partial charge in [0.15, 0.2) is 5.16 Å². The summed E-state index contributed by atoms with van der Waals surface area (Å²) in [6, 6.07) is 6.51. The SMILES string of the molecule is Cc1ccc(-n2c(SCC(=O)N3C[C@@]4(C)C[C@@H]3CC(C)(C)C4)nc3sc4c(c3c2=O)CCCC4)c(C)c1. The fourth-order valence-electron chi connectivity index (χ4n) is 7.51. The summed E-state index contributed by atoms with van der Waals surface area (Å²) in [5.74, 6) is 0.476. The van der Waals surface area contributed by atoms with Crippen LogP contribution in [0.1, 0.15) is 74.4 Å². The summed E-state index contributed by atoms with van der Waals surface area (Å²) in [6.07, 6.45) is 7.62. The number of nitrogens with zero attached hydrogens (tertiary/aromatic N) is 3. The van der Waals surface area contributed by atoms with Gasteiger partial charge in [-0.1, -0.05) is 50.2 Å². The van der Waals surface area contributed by atoms with Crippen molar-refractivity contribution in [2.45, 2.75) is 90.8 Å². The topological polar surface area (TPSA) is 55.2 Å². The molecule has 1 aliphatic heterocycles. The highest BCUT2D eigenvalue weighted by molar-refractivity contribution is 7.99. The molecule has 1 aromatic carbocycles.